The summed E-state index contributed by atoms with van der Waals surface area (Å²) in [5.74, 6) is -0.745. The maximum Gasteiger partial charge on any atom is 0.338 e. The second-order valence-corrected chi connectivity index (χ2v) is 8.62. The van der Waals surface area contributed by atoms with Gasteiger partial charge in [-0.3, -0.25) is 9.10 Å². The van der Waals surface area contributed by atoms with E-state index in [-0.39, 0.29) is 23.7 Å². The molecule has 2 aromatic carbocycles. The van der Waals surface area contributed by atoms with Crippen LogP contribution in [0, 0.1) is 13.8 Å². The minimum absolute atomic E-state index is 0.136. The largest absolute Gasteiger partial charge is 0.454 e. The Morgan fingerprint density at radius 3 is 2.41 bits per heavy atom. The molecule has 1 aliphatic heterocycles. The minimum Gasteiger partial charge on any atom is -0.454 e. The first-order valence-corrected chi connectivity index (χ1v) is 10.3. The van der Waals surface area contributed by atoms with Crippen LogP contribution in [0.1, 0.15) is 38.3 Å². The van der Waals surface area contributed by atoms with Gasteiger partial charge in [0.05, 0.1) is 17.0 Å². The number of rotatable bonds is 5. The molecule has 0 bridgehead atoms. The fraction of sp³-hybridized carbons (Fsp3) is 0.300. The van der Waals surface area contributed by atoms with Crippen molar-refractivity contribution in [3.05, 3.63) is 64.7 Å². The van der Waals surface area contributed by atoms with E-state index in [9.17, 15) is 18.0 Å². The first-order valence-electron chi connectivity index (χ1n) is 8.66. The smallest absolute Gasteiger partial charge is 0.338 e. The second kappa shape index (κ2) is 7.52. The first kappa shape index (κ1) is 19.1. The van der Waals surface area contributed by atoms with E-state index in [4.69, 9.17) is 4.74 Å². The monoisotopic (exact) mass is 387 g/mol. The summed E-state index contributed by atoms with van der Waals surface area (Å²) >= 11 is 0. The number of Topliss-reactive ketones (excluding diaryl/α,β-unsaturated/α-hetero) is 1. The van der Waals surface area contributed by atoms with Crippen molar-refractivity contribution in [3.63, 3.8) is 0 Å². The number of nitrogens with zero attached hydrogens (tertiary/aromatic N) is 1. The zero-order chi connectivity index (χ0) is 19.6. The van der Waals surface area contributed by atoms with Crippen molar-refractivity contribution in [2.45, 2.75) is 20.3 Å². The van der Waals surface area contributed by atoms with Crippen LogP contribution in [0.3, 0.4) is 0 Å². The van der Waals surface area contributed by atoms with E-state index in [0.29, 0.717) is 24.2 Å². The standard InChI is InChI=1S/C20H21NO5S/c1-14-4-5-15(2)18(12-14)19(22)13-26-20(23)16-6-8-17(9-7-16)21-10-3-11-27(21,24)25/h4-9,12H,3,10-11,13H2,1-2H3. The molecular weight excluding hydrogens is 366 g/mol. The molecule has 0 atom stereocenters. The third kappa shape index (κ3) is 4.19. The molecule has 1 heterocycles. The van der Waals surface area contributed by atoms with E-state index in [0.717, 1.165) is 11.1 Å². The highest BCUT2D eigenvalue weighted by Gasteiger charge is 2.28. The van der Waals surface area contributed by atoms with Crippen LogP contribution in [-0.4, -0.2) is 39.1 Å². The van der Waals surface area contributed by atoms with E-state index in [2.05, 4.69) is 0 Å². The van der Waals surface area contributed by atoms with Crippen molar-refractivity contribution >= 4 is 27.5 Å². The average Bonchev–Trinajstić information content (AvgIpc) is 3.00. The highest BCUT2D eigenvalue weighted by Crippen LogP contribution is 2.24. The van der Waals surface area contributed by atoms with Crippen LogP contribution >= 0.6 is 0 Å². The van der Waals surface area contributed by atoms with Gasteiger partial charge in [0.25, 0.3) is 0 Å². The van der Waals surface area contributed by atoms with Crippen LogP contribution in [-0.2, 0) is 14.8 Å². The average molecular weight is 387 g/mol. The third-order valence-electron chi connectivity index (χ3n) is 4.52. The van der Waals surface area contributed by atoms with Gasteiger partial charge in [0.15, 0.2) is 6.61 Å². The molecule has 0 unspecified atom stereocenters. The molecule has 7 heteroatoms. The van der Waals surface area contributed by atoms with Crippen LogP contribution < -0.4 is 4.31 Å². The summed E-state index contributed by atoms with van der Waals surface area (Å²) in [6, 6.07) is 11.7. The fourth-order valence-electron chi connectivity index (χ4n) is 3.02. The Bertz CT molecular complexity index is 980. The first-order chi connectivity index (χ1) is 12.8. The number of aryl methyl sites for hydroxylation is 2. The second-order valence-electron chi connectivity index (χ2n) is 6.61. The summed E-state index contributed by atoms with van der Waals surface area (Å²) in [6.07, 6.45) is 0.590. The topological polar surface area (TPSA) is 80.8 Å². The lowest BCUT2D eigenvalue weighted by atomic mass is 10.0. The Morgan fingerprint density at radius 2 is 1.78 bits per heavy atom. The van der Waals surface area contributed by atoms with Crippen molar-refractivity contribution in [2.75, 3.05) is 23.2 Å². The summed E-state index contributed by atoms with van der Waals surface area (Å²) in [5, 5.41) is 0. The molecule has 0 radical (unpaired) electrons. The number of hydrogen-bond acceptors (Lipinski definition) is 5. The molecule has 2 aromatic rings. The van der Waals surface area contributed by atoms with E-state index < -0.39 is 16.0 Å². The van der Waals surface area contributed by atoms with E-state index in [1.807, 2.05) is 26.0 Å². The minimum atomic E-state index is -3.26. The van der Waals surface area contributed by atoms with Crippen molar-refractivity contribution in [2.24, 2.45) is 0 Å². The number of esters is 1. The van der Waals surface area contributed by atoms with Crippen LogP contribution in [0.5, 0.6) is 0 Å². The predicted octanol–water partition coefficient (Wildman–Crippen LogP) is 2.88. The molecule has 0 aliphatic carbocycles. The number of ketones is 1. The fourth-order valence-corrected chi connectivity index (χ4v) is 4.59. The van der Waals surface area contributed by atoms with Gasteiger partial charge in [-0.25, -0.2) is 13.2 Å². The molecule has 1 fully saturated rings. The zero-order valence-corrected chi connectivity index (χ0v) is 16.1. The van der Waals surface area contributed by atoms with Crippen molar-refractivity contribution < 1.29 is 22.7 Å². The quantitative estimate of drug-likeness (QED) is 0.582. The van der Waals surface area contributed by atoms with Gasteiger partial charge >= 0.3 is 5.97 Å². The van der Waals surface area contributed by atoms with Crippen LogP contribution in [0.4, 0.5) is 5.69 Å². The van der Waals surface area contributed by atoms with Gasteiger partial charge in [-0.2, -0.15) is 0 Å². The molecule has 0 saturated carbocycles. The Morgan fingerprint density at radius 1 is 1.07 bits per heavy atom. The number of sulfonamides is 1. The molecule has 27 heavy (non-hydrogen) atoms. The van der Waals surface area contributed by atoms with Gasteiger partial charge in [0, 0.05) is 12.1 Å². The molecule has 0 aromatic heterocycles. The Balaban J connectivity index is 1.65. The lowest BCUT2D eigenvalue weighted by Crippen LogP contribution is -2.25. The number of carbonyl (C=O) groups excluding carboxylic acids is 2. The van der Waals surface area contributed by atoms with Gasteiger partial charge in [0.1, 0.15) is 0 Å². The van der Waals surface area contributed by atoms with Crippen molar-refractivity contribution in [1.82, 2.24) is 0 Å². The molecule has 0 spiro atoms. The van der Waals surface area contributed by atoms with Crippen molar-refractivity contribution in [3.8, 4) is 0 Å². The highest BCUT2D eigenvalue weighted by atomic mass is 32.2. The Labute approximate surface area is 158 Å². The maximum atomic E-state index is 12.3. The van der Waals surface area contributed by atoms with E-state index in [1.165, 1.54) is 16.4 Å². The molecule has 0 N–H and O–H groups in total. The Kier molecular flexibility index (Phi) is 5.32. The van der Waals surface area contributed by atoms with Crippen LogP contribution in [0.25, 0.3) is 0 Å². The number of anilines is 1. The van der Waals surface area contributed by atoms with E-state index >= 15 is 0 Å². The van der Waals surface area contributed by atoms with Crippen molar-refractivity contribution in [1.29, 1.82) is 0 Å². The summed E-state index contributed by atoms with van der Waals surface area (Å²) in [5.41, 5.74) is 3.12. The zero-order valence-electron chi connectivity index (χ0n) is 15.3. The Hall–Kier alpha value is -2.67. The summed E-state index contributed by atoms with van der Waals surface area (Å²) in [7, 11) is -3.26. The lowest BCUT2D eigenvalue weighted by Gasteiger charge is -2.16. The SMILES string of the molecule is Cc1ccc(C)c(C(=O)COC(=O)c2ccc(N3CCCS3(=O)=O)cc2)c1. The third-order valence-corrected chi connectivity index (χ3v) is 6.39. The van der Waals surface area contributed by atoms with Gasteiger partial charge in [-0.1, -0.05) is 17.7 Å². The predicted molar refractivity (Wildman–Crippen MR) is 103 cm³/mol. The maximum absolute atomic E-state index is 12.3. The number of ether oxygens (including phenoxy) is 1. The summed E-state index contributed by atoms with van der Waals surface area (Å²) in [6.45, 7) is 3.83. The molecule has 3 rings (SSSR count). The van der Waals surface area contributed by atoms with Gasteiger partial charge in [-0.05, 0) is 56.2 Å². The molecule has 1 aliphatic rings. The molecule has 142 valence electrons. The number of hydrogen-bond donors (Lipinski definition) is 0. The highest BCUT2D eigenvalue weighted by molar-refractivity contribution is 7.93. The van der Waals surface area contributed by atoms with E-state index in [1.54, 1.807) is 18.2 Å². The summed E-state index contributed by atoms with van der Waals surface area (Å²) in [4.78, 5) is 24.5. The molecule has 1 saturated heterocycles. The lowest BCUT2D eigenvalue weighted by molar-refractivity contribution is 0.0474. The van der Waals surface area contributed by atoms with Crippen LogP contribution in [0.2, 0.25) is 0 Å². The van der Waals surface area contributed by atoms with Gasteiger partial charge < -0.3 is 4.74 Å². The molecule has 6 nitrogen and oxygen atoms in total. The summed E-state index contributed by atoms with van der Waals surface area (Å²) < 4.78 is 30.3. The van der Waals surface area contributed by atoms with Gasteiger partial charge in [-0.15, -0.1) is 0 Å². The molecule has 0 amide bonds. The number of carbonyl (C=O) groups is 2. The number of benzene rings is 2. The van der Waals surface area contributed by atoms with Gasteiger partial charge in [0.2, 0.25) is 15.8 Å². The molecular formula is C20H21NO5S. The van der Waals surface area contributed by atoms with Crippen LogP contribution in [0.15, 0.2) is 42.5 Å². The normalized spacial score (nSPS) is 15.6.